The van der Waals surface area contributed by atoms with E-state index in [1.165, 1.54) is 24.3 Å². The highest BCUT2D eigenvalue weighted by atomic mass is 35.5. The van der Waals surface area contributed by atoms with E-state index in [1.807, 2.05) is 18.0 Å². The van der Waals surface area contributed by atoms with Gasteiger partial charge in [-0.25, -0.2) is 4.39 Å². The largest absolute Gasteiger partial charge is 0.298 e. The van der Waals surface area contributed by atoms with Crippen molar-refractivity contribution in [2.75, 3.05) is 7.05 Å². The van der Waals surface area contributed by atoms with Gasteiger partial charge in [-0.1, -0.05) is 29.8 Å². The van der Waals surface area contributed by atoms with Crippen molar-refractivity contribution in [1.29, 1.82) is 0 Å². The number of hydrogen-bond donors (Lipinski definition) is 0. The number of halogens is 2. The van der Waals surface area contributed by atoms with Gasteiger partial charge < -0.3 is 0 Å². The Morgan fingerprint density at radius 2 is 1.86 bits per heavy atom. The molecule has 2 rings (SSSR count). The van der Waals surface area contributed by atoms with Crippen LogP contribution in [0.4, 0.5) is 10.1 Å². The molecule has 0 bridgehead atoms. The molecular weight excluding hydrogens is 295 g/mol. The highest BCUT2D eigenvalue weighted by Crippen LogP contribution is 2.25. The van der Waals surface area contributed by atoms with Gasteiger partial charge in [0.2, 0.25) is 0 Å². The van der Waals surface area contributed by atoms with Crippen LogP contribution in [0.25, 0.3) is 0 Å². The highest BCUT2D eigenvalue weighted by molar-refractivity contribution is 6.32. The zero-order chi connectivity index (χ0) is 15.4. The molecule has 0 spiro atoms. The van der Waals surface area contributed by atoms with Crippen LogP contribution in [-0.4, -0.2) is 16.9 Å². The van der Waals surface area contributed by atoms with Crippen LogP contribution < -0.4 is 0 Å². The van der Waals surface area contributed by atoms with Gasteiger partial charge >= 0.3 is 0 Å². The summed E-state index contributed by atoms with van der Waals surface area (Å²) in [5, 5.41) is 11.0. The van der Waals surface area contributed by atoms with Crippen LogP contribution in [0.3, 0.4) is 0 Å². The topological polar surface area (TPSA) is 46.4 Å². The first kappa shape index (κ1) is 15.4. The molecular formula is C15H14ClFN2O2. The van der Waals surface area contributed by atoms with E-state index in [2.05, 4.69) is 0 Å². The van der Waals surface area contributed by atoms with Crippen molar-refractivity contribution in [2.45, 2.75) is 13.1 Å². The van der Waals surface area contributed by atoms with Crippen molar-refractivity contribution in [3.05, 3.63) is 74.5 Å². The predicted octanol–water partition coefficient (Wildman–Crippen LogP) is 4.02. The van der Waals surface area contributed by atoms with Crippen molar-refractivity contribution in [3.63, 3.8) is 0 Å². The average Bonchev–Trinajstić information content (AvgIpc) is 2.40. The lowest BCUT2D eigenvalue weighted by Gasteiger charge is -2.17. The molecule has 0 saturated carbocycles. The van der Waals surface area contributed by atoms with E-state index in [-0.39, 0.29) is 16.5 Å². The Kier molecular flexibility index (Phi) is 4.88. The lowest BCUT2D eigenvalue weighted by Crippen LogP contribution is -2.17. The monoisotopic (exact) mass is 308 g/mol. The second-order valence-electron chi connectivity index (χ2n) is 4.85. The standard InChI is InChI=1S/C15H14ClFN2O2/c1-18(9-11-3-2-4-13(17)7-11)10-12-5-6-14(16)15(8-12)19(20)21/h2-8H,9-10H2,1H3. The van der Waals surface area contributed by atoms with Gasteiger partial charge in [-0.05, 0) is 36.4 Å². The van der Waals surface area contributed by atoms with Crippen LogP contribution in [0, 0.1) is 15.9 Å². The highest BCUT2D eigenvalue weighted by Gasteiger charge is 2.13. The molecule has 6 heteroatoms. The molecule has 0 amide bonds. The van der Waals surface area contributed by atoms with Gasteiger partial charge in [0.1, 0.15) is 10.8 Å². The number of benzene rings is 2. The van der Waals surface area contributed by atoms with Gasteiger partial charge in [0, 0.05) is 19.2 Å². The summed E-state index contributed by atoms with van der Waals surface area (Å²) in [4.78, 5) is 12.3. The van der Waals surface area contributed by atoms with Crippen molar-refractivity contribution >= 4 is 17.3 Å². The quantitative estimate of drug-likeness (QED) is 0.619. The van der Waals surface area contributed by atoms with Crippen LogP contribution in [0.1, 0.15) is 11.1 Å². The molecule has 2 aromatic rings. The minimum Gasteiger partial charge on any atom is -0.298 e. The van der Waals surface area contributed by atoms with Gasteiger partial charge in [0.25, 0.3) is 5.69 Å². The number of nitrogens with zero attached hydrogens (tertiary/aromatic N) is 2. The maximum Gasteiger partial charge on any atom is 0.288 e. The van der Waals surface area contributed by atoms with Crippen LogP contribution in [0.5, 0.6) is 0 Å². The SMILES string of the molecule is CN(Cc1cccc(F)c1)Cc1ccc(Cl)c([N+](=O)[O-])c1. The molecule has 4 nitrogen and oxygen atoms in total. The van der Waals surface area contributed by atoms with E-state index in [1.54, 1.807) is 12.1 Å². The molecule has 0 fully saturated rings. The van der Waals surface area contributed by atoms with Crippen molar-refractivity contribution in [1.82, 2.24) is 4.90 Å². The summed E-state index contributed by atoms with van der Waals surface area (Å²) in [5.74, 6) is -0.275. The Balaban J connectivity index is 2.07. The Morgan fingerprint density at radius 1 is 1.19 bits per heavy atom. The Bertz CT molecular complexity index is 664. The van der Waals surface area contributed by atoms with Gasteiger partial charge in [-0.2, -0.15) is 0 Å². The fraction of sp³-hybridized carbons (Fsp3) is 0.200. The lowest BCUT2D eigenvalue weighted by atomic mass is 10.1. The van der Waals surface area contributed by atoms with Crippen molar-refractivity contribution in [2.24, 2.45) is 0 Å². The predicted molar refractivity (Wildman–Crippen MR) is 79.7 cm³/mol. The molecule has 21 heavy (non-hydrogen) atoms. The third-order valence-electron chi connectivity index (χ3n) is 3.00. The van der Waals surface area contributed by atoms with Crippen LogP contribution in [0.2, 0.25) is 5.02 Å². The van der Waals surface area contributed by atoms with E-state index < -0.39 is 4.92 Å². The Hall–Kier alpha value is -1.98. The number of rotatable bonds is 5. The summed E-state index contributed by atoms with van der Waals surface area (Å²) >= 11 is 5.78. The van der Waals surface area contributed by atoms with E-state index >= 15 is 0 Å². The first-order valence-corrected chi connectivity index (χ1v) is 6.69. The zero-order valence-corrected chi connectivity index (χ0v) is 12.2. The minimum absolute atomic E-state index is 0.103. The second kappa shape index (κ2) is 6.65. The van der Waals surface area contributed by atoms with E-state index in [4.69, 9.17) is 11.6 Å². The normalized spacial score (nSPS) is 10.9. The molecule has 0 radical (unpaired) electrons. The Labute approximate surface area is 126 Å². The summed E-state index contributed by atoms with van der Waals surface area (Å²) in [6, 6.07) is 11.1. The molecule has 110 valence electrons. The van der Waals surface area contributed by atoms with Gasteiger partial charge in [-0.3, -0.25) is 15.0 Å². The molecule has 0 aliphatic heterocycles. The Morgan fingerprint density at radius 3 is 2.48 bits per heavy atom. The lowest BCUT2D eigenvalue weighted by molar-refractivity contribution is -0.384. The number of hydrogen-bond acceptors (Lipinski definition) is 3. The summed E-state index contributed by atoms with van der Waals surface area (Å²) < 4.78 is 13.1. The fourth-order valence-electron chi connectivity index (χ4n) is 2.11. The maximum absolute atomic E-state index is 13.1. The van der Waals surface area contributed by atoms with Crippen LogP contribution >= 0.6 is 11.6 Å². The molecule has 0 saturated heterocycles. The maximum atomic E-state index is 13.1. The number of nitro benzene ring substituents is 1. The molecule has 0 atom stereocenters. The molecule has 2 aromatic carbocycles. The summed E-state index contributed by atoms with van der Waals surface area (Å²) in [7, 11) is 1.87. The molecule has 0 heterocycles. The third kappa shape index (κ3) is 4.24. The number of nitro groups is 1. The fourth-order valence-corrected chi connectivity index (χ4v) is 2.30. The second-order valence-corrected chi connectivity index (χ2v) is 5.25. The molecule has 0 unspecified atom stereocenters. The first-order chi connectivity index (χ1) is 9.95. The molecule has 0 aromatic heterocycles. The van der Waals surface area contributed by atoms with Crippen molar-refractivity contribution in [3.8, 4) is 0 Å². The summed E-state index contributed by atoms with van der Waals surface area (Å²) in [6.07, 6.45) is 0. The first-order valence-electron chi connectivity index (χ1n) is 6.31. The average molecular weight is 309 g/mol. The summed E-state index contributed by atoms with van der Waals surface area (Å²) in [6.45, 7) is 1.06. The molecule has 0 aliphatic rings. The van der Waals surface area contributed by atoms with Crippen LogP contribution in [0.15, 0.2) is 42.5 Å². The van der Waals surface area contributed by atoms with Crippen molar-refractivity contribution < 1.29 is 9.31 Å². The third-order valence-corrected chi connectivity index (χ3v) is 3.32. The van der Waals surface area contributed by atoms with Gasteiger partial charge in [0.15, 0.2) is 0 Å². The smallest absolute Gasteiger partial charge is 0.288 e. The summed E-state index contributed by atoms with van der Waals surface area (Å²) in [5.41, 5.74) is 1.53. The van der Waals surface area contributed by atoms with Gasteiger partial charge in [0.05, 0.1) is 4.92 Å². The molecule has 0 N–H and O–H groups in total. The van der Waals surface area contributed by atoms with Crippen LogP contribution in [-0.2, 0) is 13.1 Å². The van der Waals surface area contributed by atoms with Gasteiger partial charge in [-0.15, -0.1) is 0 Å². The van der Waals surface area contributed by atoms with E-state index in [9.17, 15) is 14.5 Å². The molecule has 0 aliphatic carbocycles. The van der Waals surface area contributed by atoms with E-state index in [0.29, 0.717) is 13.1 Å². The van der Waals surface area contributed by atoms with E-state index in [0.717, 1.165) is 11.1 Å². The zero-order valence-electron chi connectivity index (χ0n) is 11.4. The minimum atomic E-state index is -0.502.